The van der Waals surface area contributed by atoms with Crippen molar-refractivity contribution in [2.75, 3.05) is 20.3 Å². The Labute approximate surface area is 107 Å². The summed E-state index contributed by atoms with van der Waals surface area (Å²) in [5, 5.41) is 4.08. The summed E-state index contributed by atoms with van der Waals surface area (Å²) in [7, 11) is 1.94. The number of hydrogen-bond donors (Lipinski definition) is 1. The number of hydrogen-bond acceptors (Lipinski definition) is 3. The highest BCUT2D eigenvalue weighted by Gasteiger charge is 2.21. The molecule has 0 aromatic heterocycles. The van der Waals surface area contributed by atoms with E-state index in [0.29, 0.717) is 13.2 Å². The Bertz CT molecular complexity index is 378. The van der Waals surface area contributed by atoms with Crippen LogP contribution in [0, 0.1) is 6.92 Å². The zero-order valence-electron chi connectivity index (χ0n) is 10.2. The molecule has 1 unspecified atom stereocenters. The van der Waals surface area contributed by atoms with E-state index in [9.17, 15) is 0 Å². The highest BCUT2D eigenvalue weighted by Crippen LogP contribution is 2.25. The van der Waals surface area contributed by atoms with E-state index >= 15 is 0 Å². The summed E-state index contributed by atoms with van der Waals surface area (Å²) in [5.41, 5.74) is 2.26. The second kappa shape index (κ2) is 5.83. The normalized spacial score (nSPS) is 18.5. The highest BCUT2D eigenvalue weighted by molar-refractivity contribution is 6.31. The fourth-order valence-electron chi connectivity index (χ4n) is 1.98. The van der Waals surface area contributed by atoms with Gasteiger partial charge in [0.25, 0.3) is 0 Å². The molecule has 1 aromatic rings. The van der Waals surface area contributed by atoms with Crippen molar-refractivity contribution in [3.8, 4) is 0 Å². The molecular weight excluding hydrogens is 238 g/mol. The molecule has 17 heavy (non-hydrogen) atoms. The molecular formula is C13H18ClNO2. The first-order valence-electron chi connectivity index (χ1n) is 5.87. The second-order valence-electron chi connectivity index (χ2n) is 4.26. The summed E-state index contributed by atoms with van der Waals surface area (Å²) in [4.78, 5) is 0. The molecule has 2 rings (SSSR count). The van der Waals surface area contributed by atoms with Gasteiger partial charge in [0.05, 0.1) is 13.2 Å². The minimum Gasteiger partial charge on any atom is -0.350 e. The van der Waals surface area contributed by atoms with Crippen LogP contribution in [0.15, 0.2) is 18.2 Å². The molecule has 1 aliphatic rings. The van der Waals surface area contributed by atoms with Crippen LogP contribution in [-0.2, 0) is 9.47 Å². The lowest BCUT2D eigenvalue weighted by Crippen LogP contribution is -2.23. The third-order valence-corrected chi connectivity index (χ3v) is 3.47. The Morgan fingerprint density at radius 3 is 2.71 bits per heavy atom. The first kappa shape index (κ1) is 12.8. The van der Waals surface area contributed by atoms with Crippen molar-refractivity contribution in [2.45, 2.75) is 25.7 Å². The van der Waals surface area contributed by atoms with Gasteiger partial charge in [0.2, 0.25) is 0 Å². The zero-order valence-corrected chi connectivity index (χ0v) is 11.0. The topological polar surface area (TPSA) is 30.5 Å². The number of aryl methyl sites for hydroxylation is 1. The van der Waals surface area contributed by atoms with E-state index in [2.05, 4.69) is 11.4 Å². The van der Waals surface area contributed by atoms with E-state index in [1.807, 2.05) is 26.1 Å². The molecule has 0 radical (unpaired) electrons. The quantitative estimate of drug-likeness (QED) is 0.897. The van der Waals surface area contributed by atoms with Crippen LogP contribution in [0.25, 0.3) is 0 Å². The Balaban J connectivity index is 2.08. The van der Waals surface area contributed by atoms with Crippen LogP contribution in [0.1, 0.15) is 23.6 Å². The first-order chi connectivity index (χ1) is 8.20. The maximum atomic E-state index is 6.14. The van der Waals surface area contributed by atoms with Gasteiger partial charge >= 0.3 is 0 Å². The van der Waals surface area contributed by atoms with Crippen LogP contribution in [0.5, 0.6) is 0 Å². The minimum absolute atomic E-state index is 0.104. The van der Waals surface area contributed by atoms with Crippen LogP contribution in [0.4, 0.5) is 0 Å². The fraction of sp³-hybridized carbons (Fsp3) is 0.538. The van der Waals surface area contributed by atoms with Gasteiger partial charge in [0.15, 0.2) is 6.29 Å². The molecule has 1 saturated heterocycles. The molecule has 1 aromatic carbocycles. The van der Waals surface area contributed by atoms with Crippen LogP contribution < -0.4 is 5.32 Å². The maximum Gasteiger partial charge on any atom is 0.159 e. The van der Waals surface area contributed by atoms with Gasteiger partial charge in [-0.05, 0) is 31.2 Å². The average molecular weight is 256 g/mol. The summed E-state index contributed by atoms with van der Waals surface area (Å²) >= 11 is 6.14. The lowest BCUT2D eigenvalue weighted by molar-refractivity contribution is -0.0526. The molecule has 4 heteroatoms. The molecule has 1 heterocycles. The predicted molar refractivity (Wildman–Crippen MR) is 68.3 cm³/mol. The van der Waals surface area contributed by atoms with E-state index in [4.69, 9.17) is 21.1 Å². The second-order valence-corrected chi connectivity index (χ2v) is 4.66. The van der Waals surface area contributed by atoms with Crippen molar-refractivity contribution in [2.24, 2.45) is 0 Å². The fourth-order valence-corrected chi connectivity index (χ4v) is 2.17. The van der Waals surface area contributed by atoms with Crippen LogP contribution >= 0.6 is 11.6 Å². The molecule has 3 nitrogen and oxygen atoms in total. The minimum atomic E-state index is -0.104. The zero-order chi connectivity index (χ0) is 12.3. The Morgan fingerprint density at radius 1 is 1.41 bits per heavy atom. The van der Waals surface area contributed by atoms with E-state index in [1.165, 1.54) is 5.56 Å². The molecule has 0 spiro atoms. The summed E-state index contributed by atoms with van der Waals surface area (Å²) < 4.78 is 10.9. The first-order valence-corrected chi connectivity index (χ1v) is 6.25. The van der Waals surface area contributed by atoms with Gasteiger partial charge in [-0.15, -0.1) is 0 Å². The van der Waals surface area contributed by atoms with Gasteiger partial charge in [-0.25, -0.2) is 0 Å². The van der Waals surface area contributed by atoms with Crippen LogP contribution in [-0.4, -0.2) is 26.6 Å². The largest absolute Gasteiger partial charge is 0.350 e. The molecule has 1 fully saturated rings. The Morgan fingerprint density at radius 2 is 2.12 bits per heavy atom. The van der Waals surface area contributed by atoms with Gasteiger partial charge in [-0.1, -0.05) is 23.7 Å². The lowest BCUT2D eigenvalue weighted by Gasteiger charge is -2.20. The van der Waals surface area contributed by atoms with Crippen LogP contribution in [0.3, 0.4) is 0 Å². The SMILES string of the molecule is CNC(CC1OCCO1)c1ccc(C)c(Cl)c1. The van der Waals surface area contributed by atoms with E-state index in [1.54, 1.807) is 0 Å². The predicted octanol–water partition coefficient (Wildman–Crippen LogP) is 2.67. The van der Waals surface area contributed by atoms with Gasteiger partial charge < -0.3 is 14.8 Å². The standard InChI is InChI=1S/C13H18ClNO2/c1-9-3-4-10(7-11(9)14)12(15-2)8-13-16-5-6-17-13/h3-4,7,12-13,15H,5-6,8H2,1-2H3. The van der Waals surface area contributed by atoms with Gasteiger partial charge in [-0.2, -0.15) is 0 Å². The van der Waals surface area contributed by atoms with E-state index in [0.717, 1.165) is 17.0 Å². The number of halogens is 1. The van der Waals surface area contributed by atoms with Crippen molar-refractivity contribution >= 4 is 11.6 Å². The van der Waals surface area contributed by atoms with Gasteiger partial charge in [-0.3, -0.25) is 0 Å². The Kier molecular flexibility index (Phi) is 4.40. The lowest BCUT2D eigenvalue weighted by atomic mass is 10.0. The molecule has 1 N–H and O–H groups in total. The number of rotatable bonds is 4. The highest BCUT2D eigenvalue weighted by atomic mass is 35.5. The molecule has 0 amide bonds. The summed E-state index contributed by atoms with van der Waals surface area (Å²) in [6.07, 6.45) is 0.697. The maximum absolute atomic E-state index is 6.14. The molecule has 0 bridgehead atoms. The van der Waals surface area contributed by atoms with Gasteiger partial charge in [0, 0.05) is 17.5 Å². The van der Waals surface area contributed by atoms with Crippen LogP contribution in [0.2, 0.25) is 5.02 Å². The Hall–Kier alpha value is -0.610. The van der Waals surface area contributed by atoms with Gasteiger partial charge in [0.1, 0.15) is 0 Å². The van der Waals surface area contributed by atoms with Crippen molar-refractivity contribution in [1.82, 2.24) is 5.32 Å². The third kappa shape index (κ3) is 3.19. The van der Waals surface area contributed by atoms with Crippen molar-refractivity contribution < 1.29 is 9.47 Å². The number of benzene rings is 1. The molecule has 94 valence electrons. The number of nitrogens with one attached hydrogen (secondary N) is 1. The molecule has 1 atom stereocenters. The van der Waals surface area contributed by atoms with Crippen molar-refractivity contribution in [1.29, 1.82) is 0 Å². The monoisotopic (exact) mass is 255 g/mol. The smallest absolute Gasteiger partial charge is 0.159 e. The molecule has 0 aliphatic carbocycles. The summed E-state index contributed by atoms with van der Waals surface area (Å²) in [5.74, 6) is 0. The van der Waals surface area contributed by atoms with E-state index < -0.39 is 0 Å². The molecule has 0 saturated carbocycles. The average Bonchev–Trinajstić information content (AvgIpc) is 2.82. The van der Waals surface area contributed by atoms with Crippen molar-refractivity contribution in [3.63, 3.8) is 0 Å². The number of ether oxygens (including phenoxy) is 2. The summed E-state index contributed by atoms with van der Waals surface area (Å²) in [6.45, 7) is 3.38. The summed E-state index contributed by atoms with van der Waals surface area (Å²) in [6, 6.07) is 6.35. The van der Waals surface area contributed by atoms with Crippen molar-refractivity contribution in [3.05, 3.63) is 34.3 Å². The molecule has 1 aliphatic heterocycles. The third-order valence-electron chi connectivity index (χ3n) is 3.07. The van der Waals surface area contributed by atoms with E-state index in [-0.39, 0.29) is 12.3 Å².